The van der Waals surface area contributed by atoms with Gasteiger partial charge in [-0.15, -0.1) is 0 Å². The van der Waals surface area contributed by atoms with Crippen LogP contribution in [0.1, 0.15) is 15.9 Å². The first-order valence-electron chi connectivity index (χ1n) is 8.67. The maximum absolute atomic E-state index is 12.7. The predicted molar refractivity (Wildman–Crippen MR) is 110 cm³/mol. The summed E-state index contributed by atoms with van der Waals surface area (Å²) in [6.45, 7) is 1.90. The molecule has 140 valence electrons. The van der Waals surface area contributed by atoms with Crippen LogP contribution in [0.25, 0.3) is 22.6 Å². The van der Waals surface area contributed by atoms with Gasteiger partial charge in [0.15, 0.2) is 5.58 Å². The second-order valence-corrected chi connectivity index (χ2v) is 6.70. The number of fused-ring (bicyclic) bond motifs is 1. The number of para-hydroxylation sites is 1. The van der Waals surface area contributed by atoms with Gasteiger partial charge in [0.25, 0.3) is 5.91 Å². The zero-order chi connectivity index (χ0) is 19.7. The number of hydrogen-bond donors (Lipinski definition) is 1. The van der Waals surface area contributed by atoms with Crippen LogP contribution in [0, 0.1) is 6.92 Å². The summed E-state index contributed by atoms with van der Waals surface area (Å²) >= 11 is 6.23. The Hall–Kier alpha value is -3.31. The monoisotopic (exact) mass is 392 g/mol. The molecule has 0 spiro atoms. The minimum absolute atomic E-state index is 0.255. The number of methoxy groups -OCH3 is 1. The van der Waals surface area contributed by atoms with Crippen molar-refractivity contribution in [3.8, 4) is 17.2 Å². The average molecular weight is 393 g/mol. The number of benzene rings is 3. The van der Waals surface area contributed by atoms with Crippen LogP contribution in [-0.2, 0) is 0 Å². The highest BCUT2D eigenvalue weighted by Gasteiger charge is 2.16. The van der Waals surface area contributed by atoms with Crippen molar-refractivity contribution in [2.45, 2.75) is 6.92 Å². The Morgan fingerprint density at radius 3 is 2.71 bits per heavy atom. The van der Waals surface area contributed by atoms with Gasteiger partial charge in [0.2, 0.25) is 5.89 Å². The van der Waals surface area contributed by atoms with Gasteiger partial charge in [-0.25, -0.2) is 4.98 Å². The first-order valence-corrected chi connectivity index (χ1v) is 9.05. The van der Waals surface area contributed by atoms with Crippen LogP contribution in [0.2, 0.25) is 5.02 Å². The normalized spacial score (nSPS) is 10.8. The highest BCUT2D eigenvalue weighted by Crippen LogP contribution is 2.31. The van der Waals surface area contributed by atoms with Gasteiger partial charge in [0, 0.05) is 5.69 Å². The zero-order valence-corrected chi connectivity index (χ0v) is 16.1. The zero-order valence-electron chi connectivity index (χ0n) is 15.3. The summed E-state index contributed by atoms with van der Waals surface area (Å²) in [5.74, 6) is 0.739. The number of halogens is 1. The molecule has 1 heterocycles. The average Bonchev–Trinajstić information content (AvgIpc) is 3.11. The van der Waals surface area contributed by atoms with E-state index in [1.807, 2.05) is 37.3 Å². The van der Waals surface area contributed by atoms with Crippen molar-refractivity contribution < 1.29 is 13.9 Å². The number of hydrogen-bond acceptors (Lipinski definition) is 4. The van der Waals surface area contributed by atoms with Crippen molar-refractivity contribution in [3.05, 3.63) is 76.8 Å². The maximum Gasteiger partial charge on any atom is 0.259 e. The second kappa shape index (κ2) is 7.37. The summed E-state index contributed by atoms with van der Waals surface area (Å²) < 4.78 is 11.2. The number of rotatable bonds is 4. The number of carbonyl (C=O) groups excluding carboxylic acids is 1. The maximum atomic E-state index is 12.7. The van der Waals surface area contributed by atoms with Gasteiger partial charge in [0.05, 0.1) is 23.3 Å². The van der Waals surface area contributed by atoms with Gasteiger partial charge in [-0.1, -0.05) is 35.9 Å². The van der Waals surface area contributed by atoms with E-state index < -0.39 is 0 Å². The fourth-order valence-electron chi connectivity index (χ4n) is 3.06. The Morgan fingerprint density at radius 2 is 1.93 bits per heavy atom. The Kier molecular flexibility index (Phi) is 4.75. The molecule has 0 aliphatic rings. The number of aryl methyl sites for hydroxylation is 1. The molecule has 0 unspecified atom stereocenters. The highest BCUT2D eigenvalue weighted by atomic mass is 35.5. The molecular weight excluding hydrogens is 376 g/mol. The molecule has 0 atom stereocenters. The summed E-state index contributed by atoms with van der Waals surface area (Å²) in [6.07, 6.45) is 0. The molecule has 4 rings (SSSR count). The Bertz CT molecular complexity index is 1180. The molecule has 0 aliphatic carbocycles. The number of nitrogens with one attached hydrogen (secondary N) is 1. The van der Waals surface area contributed by atoms with E-state index in [2.05, 4.69) is 10.3 Å². The summed E-state index contributed by atoms with van der Waals surface area (Å²) in [5, 5.41) is 3.45. The lowest BCUT2D eigenvalue weighted by molar-refractivity contribution is 0.102. The van der Waals surface area contributed by atoms with Crippen LogP contribution in [0.15, 0.2) is 65.1 Å². The van der Waals surface area contributed by atoms with Crippen molar-refractivity contribution in [1.29, 1.82) is 0 Å². The van der Waals surface area contributed by atoms with E-state index in [-0.39, 0.29) is 5.91 Å². The van der Waals surface area contributed by atoms with Crippen molar-refractivity contribution in [1.82, 2.24) is 4.98 Å². The van der Waals surface area contributed by atoms with E-state index in [9.17, 15) is 4.79 Å². The van der Waals surface area contributed by atoms with Crippen LogP contribution in [0.5, 0.6) is 5.75 Å². The predicted octanol–water partition coefficient (Wildman–Crippen LogP) is 5.72. The molecule has 0 radical (unpaired) electrons. The van der Waals surface area contributed by atoms with Gasteiger partial charge in [0.1, 0.15) is 11.3 Å². The molecule has 0 fully saturated rings. The van der Waals surface area contributed by atoms with Crippen molar-refractivity contribution >= 4 is 34.3 Å². The number of carbonyl (C=O) groups is 1. The summed E-state index contributed by atoms with van der Waals surface area (Å²) in [4.78, 5) is 17.2. The SMILES string of the molecule is COc1c(C)cccc1C(=O)Nc1ccc2oc(-c3ccccc3Cl)nc2c1. The minimum atomic E-state index is -0.255. The lowest BCUT2D eigenvalue weighted by Gasteiger charge is -2.11. The molecule has 0 saturated heterocycles. The third-order valence-electron chi connectivity index (χ3n) is 4.41. The van der Waals surface area contributed by atoms with Crippen molar-refractivity contribution in [2.24, 2.45) is 0 Å². The van der Waals surface area contributed by atoms with Gasteiger partial charge < -0.3 is 14.5 Å². The minimum Gasteiger partial charge on any atom is -0.496 e. The lowest BCUT2D eigenvalue weighted by atomic mass is 10.1. The Morgan fingerprint density at radius 1 is 1.11 bits per heavy atom. The number of oxazole rings is 1. The van der Waals surface area contributed by atoms with Gasteiger partial charge in [-0.05, 0) is 48.9 Å². The standard InChI is InChI=1S/C22H17ClN2O3/c1-13-6-5-8-16(20(13)27-2)21(26)24-14-10-11-19-18(12-14)25-22(28-19)15-7-3-4-9-17(15)23/h3-12H,1-2H3,(H,24,26). The molecule has 0 bridgehead atoms. The molecule has 1 amide bonds. The van der Waals surface area contributed by atoms with Crippen LogP contribution < -0.4 is 10.1 Å². The molecule has 1 N–H and O–H groups in total. The van der Waals surface area contributed by atoms with E-state index in [1.54, 1.807) is 37.4 Å². The molecule has 3 aromatic carbocycles. The quantitative estimate of drug-likeness (QED) is 0.482. The topological polar surface area (TPSA) is 64.4 Å². The number of nitrogens with zero attached hydrogens (tertiary/aromatic N) is 1. The molecule has 0 saturated carbocycles. The van der Waals surface area contributed by atoms with Gasteiger partial charge >= 0.3 is 0 Å². The van der Waals surface area contributed by atoms with E-state index in [0.29, 0.717) is 39.0 Å². The van der Waals surface area contributed by atoms with Crippen LogP contribution >= 0.6 is 11.6 Å². The van der Waals surface area contributed by atoms with E-state index in [1.165, 1.54) is 0 Å². The molecule has 0 aliphatic heterocycles. The molecule has 28 heavy (non-hydrogen) atoms. The van der Waals surface area contributed by atoms with Crippen molar-refractivity contribution in [3.63, 3.8) is 0 Å². The highest BCUT2D eigenvalue weighted by molar-refractivity contribution is 6.33. The first-order chi connectivity index (χ1) is 13.6. The molecule has 4 aromatic rings. The smallest absolute Gasteiger partial charge is 0.259 e. The summed E-state index contributed by atoms with van der Waals surface area (Å²) in [7, 11) is 1.55. The second-order valence-electron chi connectivity index (χ2n) is 6.29. The summed E-state index contributed by atoms with van der Waals surface area (Å²) in [6, 6.07) is 18.1. The number of anilines is 1. The first kappa shape index (κ1) is 18.1. The number of ether oxygens (including phenoxy) is 1. The molecule has 5 nitrogen and oxygen atoms in total. The molecule has 1 aromatic heterocycles. The van der Waals surface area contributed by atoms with Crippen LogP contribution in [-0.4, -0.2) is 18.0 Å². The van der Waals surface area contributed by atoms with E-state index in [4.69, 9.17) is 20.8 Å². The van der Waals surface area contributed by atoms with Gasteiger partial charge in [-0.3, -0.25) is 4.79 Å². The van der Waals surface area contributed by atoms with E-state index >= 15 is 0 Å². The number of amides is 1. The fraction of sp³-hybridized carbons (Fsp3) is 0.0909. The molecular formula is C22H17ClN2O3. The Balaban J connectivity index is 1.65. The largest absolute Gasteiger partial charge is 0.496 e. The molecule has 6 heteroatoms. The number of aromatic nitrogens is 1. The van der Waals surface area contributed by atoms with Gasteiger partial charge in [-0.2, -0.15) is 0 Å². The van der Waals surface area contributed by atoms with Crippen molar-refractivity contribution in [2.75, 3.05) is 12.4 Å². The third-order valence-corrected chi connectivity index (χ3v) is 4.74. The fourth-order valence-corrected chi connectivity index (χ4v) is 3.27. The van der Waals surface area contributed by atoms with E-state index in [0.717, 1.165) is 11.1 Å². The third kappa shape index (κ3) is 3.32. The van der Waals surface area contributed by atoms with Crippen LogP contribution in [0.3, 0.4) is 0 Å². The lowest BCUT2D eigenvalue weighted by Crippen LogP contribution is -2.13. The van der Waals surface area contributed by atoms with Crippen LogP contribution in [0.4, 0.5) is 5.69 Å². The Labute approximate surface area is 166 Å². The summed E-state index contributed by atoms with van der Waals surface area (Å²) in [5.41, 5.74) is 3.94.